The van der Waals surface area contributed by atoms with Crippen LogP contribution >= 0.6 is 0 Å². The van der Waals surface area contributed by atoms with Gasteiger partial charge in [0.05, 0.1) is 23.9 Å². The predicted molar refractivity (Wildman–Crippen MR) is 73.8 cm³/mol. The number of fused-ring (bicyclic) bond motifs is 2. The Morgan fingerprint density at radius 3 is 2.80 bits per heavy atom. The molecule has 0 radical (unpaired) electrons. The number of ether oxygens (including phenoxy) is 1. The molecule has 0 spiro atoms. The van der Waals surface area contributed by atoms with Gasteiger partial charge in [0.1, 0.15) is 5.82 Å². The van der Waals surface area contributed by atoms with Gasteiger partial charge in [0.25, 0.3) is 0 Å². The first-order valence-corrected chi connectivity index (χ1v) is 7.06. The Labute approximate surface area is 117 Å². The minimum atomic E-state index is 0.343. The zero-order valence-electron chi connectivity index (χ0n) is 11.4. The molecular weight excluding hydrogens is 254 g/mol. The van der Waals surface area contributed by atoms with Crippen LogP contribution in [0.25, 0.3) is 5.82 Å². The van der Waals surface area contributed by atoms with Gasteiger partial charge in [0, 0.05) is 6.20 Å². The summed E-state index contributed by atoms with van der Waals surface area (Å²) in [5.74, 6) is 1.53. The molecule has 20 heavy (non-hydrogen) atoms. The van der Waals surface area contributed by atoms with Gasteiger partial charge in [-0.1, -0.05) is 0 Å². The highest BCUT2D eigenvalue weighted by molar-refractivity contribution is 5.38. The molecule has 6 heteroatoms. The summed E-state index contributed by atoms with van der Waals surface area (Å²) < 4.78 is 7.56. The molecule has 2 saturated heterocycles. The first-order valence-electron chi connectivity index (χ1n) is 7.06. The fourth-order valence-electron chi connectivity index (χ4n) is 3.05. The third kappa shape index (κ3) is 2.06. The van der Waals surface area contributed by atoms with Crippen LogP contribution in [0, 0.1) is 6.92 Å². The lowest BCUT2D eigenvalue weighted by atomic mass is 9.95. The van der Waals surface area contributed by atoms with Gasteiger partial charge in [-0.15, -0.1) is 10.2 Å². The Morgan fingerprint density at radius 2 is 2.20 bits per heavy atom. The highest BCUT2D eigenvalue weighted by Crippen LogP contribution is 2.35. The topological polar surface area (TPSA) is 64.9 Å². The summed E-state index contributed by atoms with van der Waals surface area (Å²) in [7, 11) is 0. The van der Waals surface area contributed by atoms with Gasteiger partial charge >= 0.3 is 0 Å². The van der Waals surface area contributed by atoms with Crippen molar-refractivity contribution in [2.24, 2.45) is 0 Å². The number of aryl methyl sites for hydroxylation is 1. The number of nitrogens with zero attached hydrogens (tertiary/aromatic N) is 4. The zero-order chi connectivity index (χ0) is 13.5. The summed E-state index contributed by atoms with van der Waals surface area (Å²) in [6, 6.07) is 6.20. The normalized spacial score (nSPS) is 27.9. The van der Waals surface area contributed by atoms with Gasteiger partial charge in [-0.2, -0.15) is 5.10 Å². The maximum atomic E-state index is 5.83. The summed E-state index contributed by atoms with van der Waals surface area (Å²) >= 11 is 0. The molecule has 0 aromatic carbocycles. The number of nitrogens with one attached hydrogen (secondary N) is 1. The van der Waals surface area contributed by atoms with Gasteiger partial charge in [-0.05, 0) is 44.4 Å². The summed E-state index contributed by atoms with van der Waals surface area (Å²) in [4.78, 5) is 0. The van der Waals surface area contributed by atoms with Crippen molar-refractivity contribution in [3.05, 3.63) is 30.1 Å². The summed E-state index contributed by atoms with van der Waals surface area (Å²) in [6.07, 6.45) is 6.10. The minimum absolute atomic E-state index is 0.343. The molecule has 0 amide bonds. The van der Waals surface area contributed by atoms with Crippen LogP contribution in [-0.4, -0.2) is 38.2 Å². The molecule has 0 saturated carbocycles. The van der Waals surface area contributed by atoms with Crippen molar-refractivity contribution in [3.8, 4) is 5.82 Å². The number of rotatable bonds is 3. The Morgan fingerprint density at radius 1 is 1.25 bits per heavy atom. The van der Waals surface area contributed by atoms with E-state index in [1.165, 1.54) is 6.42 Å². The highest BCUT2D eigenvalue weighted by atomic mass is 16.5. The maximum absolute atomic E-state index is 5.83. The van der Waals surface area contributed by atoms with Gasteiger partial charge in [-0.3, -0.25) is 0 Å². The molecule has 2 aliphatic heterocycles. The lowest BCUT2D eigenvalue weighted by molar-refractivity contribution is 0.102. The van der Waals surface area contributed by atoms with E-state index in [0.29, 0.717) is 18.2 Å². The molecule has 1 N–H and O–H groups in total. The van der Waals surface area contributed by atoms with E-state index in [1.807, 2.05) is 31.3 Å². The molecule has 3 atom stereocenters. The van der Waals surface area contributed by atoms with Crippen molar-refractivity contribution >= 4 is 5.82 Å². The smallest absolute Gasteiger partial charge is 0.175 e. The Hall–Kier alpha value is -1.95. The minimum Gasteiger partial charge on any atom is -0.373 e. The van der Waals surface area contributed by atoms with Gasteiger partial charge in [-0.25, -0.2) is 4.68 Å². The van der Waals surface area contributed by atoms with E-state index in [-0.39, 0.29) is 0 Å². The zero-order valence-corrected chi connectivity index (χ0v) is 11.4. The fourth-order valence-corrected chi connectivity index (χ4v) is 3.05. The van der Waals surface area contributed by atoms with Gasteiger partial charge in [0.15, 0.2) is 5.82 Å². The third-order valence-corrected chi connectivity index (χ3v) is 4.05. The maximum Gasteiger partial charge on any atom is 0.175 e. The summed E-state index contributed by atoms with van der Waals surface area (Å²) in [6.45, 7) is 1.95. The molecule has 2 aromatic heterocycles. The van der Waals surface area contributed by atoms with Crippen LogP contribution in [0.1, 0.15) is 25.0 Å². The third-order valence-electron chi connectivity index (χ3n) is 4.05. The number of hydrogen-bond donors (Lipinski definition) is 1. The summed E-state index contributed by atoms with van der Waals surface area (Å²) in [5.41, 5.74) is 0.966. The number of anilines is 1. The Balaban J connectivity index is 1.47. The largest absolute Gasteiger partial charge is 0.373 e. The fraction of sp³-hybridized carbons (Fsp3) is 0.500. The molecule has 2 aliphatic rings. The van der Waals surface area contributed by atoms with Crippen molar-refractivity contribution in [3.63, 3.8) is 0 Å². The van der Waals surface area contributed by atoms with Crippen molar-refractivity contribution in [2.75, 3.05) is 5.32 Å². The Bertz CT molecular complexity index is 608. The molecule has 2 fully saturated rings. The molecule has 2 aromatic rings. The van der Waals surface area contributed by atoms with E-state index in [9.17, 15) is 0 Å². The lowest BCUT2D eigenvalue weighted by Crippen LogP contribution is -2.30. The highest BCUT2D eigenvalue weighted by Gasteiger charge is 2.40. The van der Waals surface area contributed by atoms with Crippen molar-refractivity contribution in [2.45, 2.75) is 44.4 Å². The second-order valence-corrected chi connectivity index (χ2v) is 5.54. The van der Waals surface area contributed by atoms with Crippen LogP contribution in [0.2, 0.25) is 0 Å². The van der Waals surface area contributed by atoms with Crippen LogP contribution in [0.5, 0.6) is 0 Å². The monoisotopic (exact) mass is 271 g/mol. The van der Waals surface area contributed by atoms with Crippen LogP contribution in [-0.2, 0) is 4.74 Å². The molecule has 2 bridgehead atoms. The molecule has 4 heterocycles. The average Bonchev–Trinajstić information content (AvgIpc) is 3.16. The lowest BCUT2D eigenvalue weighted by Gasteiger charge is -2.20. The molecule has 6 nitrogen and oxygen atoms in total. The molecule has 4 rings (SSSR count). The first-order chi connectivity index (χ1) is 9.78. The molecule has 104 valence electrons. The molecule has 0 aliphatic carbocycles. The van der Waals surface area contributed by atoms with E-state index >= 15 is 0 Å². The van der Waals surface area contributed by atoms with Crippen LogP contribution in [0.3, 0.4) is 0 Å². The number of aromatic nitrogens is 4. The second-order valence-electron chi connectivity index (χ2n) is 5.54. The van der Waals surface area contributed by atoms with Crippen molar-refractivity contribution in [1.29, 1.82) is 0 Å². The van der Waals surface area contributed by atoms with E-state index in [4.69, 9.17) is 4.74 Å². The van der Waals surface area contributed by atoms with E-state index in [0.717, 1.165) is 30.2 Å². The average molecular weight is 271 g/mol. The van der Waals surface area contributed by atoms with Crippen molar-refractivity contribution in [1.82, 2.24) is 20.0 Å². The quantitative estimate of drug-likeness (QED) is 0.920. The Kier molecular flexibility index (Phi) is 2.70. The second kappa shape index (κ2) is 4.56. The summed E-state index contributed by atoms with van der Waals surface area (Å²) in [5, 5.41) is 16.2. The van der Waals surface area contributed by atoms with Crippen molar-refractivity contribution < 1.29 is 4.74 Å². The van der Waals surface area contributed by atoms with Gasteiger partial charge in [0.2, 0.25) is 0 Å². The van der Waals surface area contributed by atoms with E-state index in [1.54, 1.807) is 4.68 Å². The SMILES string of the molecule is Cc1ccn(-c2ccc(NC3CC4CCC3O4)nn2)n1. The van der Waals surface area contributed by atoms with Crippen LogP contribution in [0.4, 0.5) is 5.82 Å². The van der Waals surface area contributed by atoms with Gasteiger partial charge < -0.3 is 10.1 Å². The molecule has 3 unspecified atom stereocenters. The van der Waals surface area contributed by atoms with E-state index in [2.05, 4.69) is 20.6 Å². The van der Waals surface area contributed by atoms with Crippen LogP contribution < -0.4 is 5.32 Å². The van der Waals surface area contributed by atoms with E-state index < -0.39 is 0 Å². The first kappa shape index (κ1) is 11.8. The number of hydrogen-bond acceptors (Lipinski definition) is 5. The molecular formula is C14H17N5O. The predicted octanol–water partition coefficient (Wildman–Crippen LogP) is 1.70. The van der Waals surface area contributed by atoms with Crippen LogP contribution in [0.15, 0.2) is 24.4 Å². The standard InChI is InChI=1S/C14H17N5O/c1-9-6-7-19(18-9)14-5-4-13(16-17-14)15-11-8-10-2-3-12(11)20-10/h4-7,10-12H,2-3,8H2,1H3,(H,15,16).